The third-order valence-corrected chi connectivity index (χ3v) is 12.6. The highest BCUT2D eigenvalue weighted by Crippen LogP contribution is 2.52. The lowest BCUT2D eigenvalue weighted by Gasteiger charge is -2.27. The number of hydrogen-bond acceptors (Lipinski definition) is 2. The van der Waals surface area contributed by atoms with Gasteiger partial charge in [0.1, 0.15) is 5.75 Å². The highest BCUT2D eigenvalue weighted by atomic mass is 16.5. The summed E-state index contributed by atoms with van der Waals surface area (Å²) in [5, 5.41) is 2.44. The Morgan fingerprint density at radius 2 is 0.911 bits per heavy atom. The van der Waals surface area contributed by atoms with Gasteiger partial charge in [-0.1, -0.05) is 130 Å². The van der Waals surface area contributed by atoms with Crippen LogP contribution in [0.3, 0.4) is 0 Å². The van der Waals surface area contributed by atoms with Crippen molar-refractivity contribution in [1.29, 1.82) is 0 Å². The summed E-state index contributed by atoms with van der Waals surface area (Å²) in [6.45, 7) is 11.6. The molecule has 0 heterocycles. The molecule has 0 unspecified atom stereocenters. The molecule has 56 heavy (non-hydrogen) atoms. The highest BCUT2D eigenvalue weighted by molar-refractivity contribution is 6.03. The first kappa shape index (κ1) is 34.1. The van der Waals surface area contributed by atoms with E-state index in [4.69, 9.17) is 4.74 Å². The second-order valence-electron chi connectivity index (χ2n) is 16.7. The zero-order valence-electron chi connectivity index (χ0n) is 32.9. The summed E-state index contributed by atoms with van der Waals surface area (Å²) in [7, 11) is 1.72. The Kier molecular flexibility index (Phi) is 7.67. The number of benzene rings is 8. The van der Waals surface area contributed by atoms with Crippen LogP contribution in [0.2, 0.25) is 0 Å². The Bertz CT molecular complexity index is 2840. The van der Waals surface area contributed by atoms with E-state index in [0.717, 1.165) is 22.8 Å². The van der Waals surface area contributed by atoms with Crippen LogP contribution in [0.25, 0.3) is 55.3 Å². The molecule has 10 rings (SSSR count). The van der Waals surface area contributed by atoms with Crippen molar-refractivity contribution in [3.63, 3.8) is 0 Å². The van der Waals surface area contributed by atoms with Crippen LogP contribution in [0, 0.1) is 6.92 Å². The predicted octanol–water partition coefficient (Wildman–Crippen LogP) is 14.6. The minimum atomic E-state index is -0.0967. The molecule has 0 spiro atoms. The molecule has 0 atom stereocenters. The highest BCUT2D eigenvalue weighted by Gasteiger charge is 2.36. The lowest BCUT2D eigenvalue weighted by molar-refractivity contribution is 0.415. The first-order valence-corrected chi connectivity index (χ1v) is 19.7. The Hall–Kier alpha value is -6.38. The van der Waals surface area contributed by atoms with Gasteiger partial charge in [0, 0.05) is 27.9 Å². The van der Waals surface area contributed by atoms with Gasteiger partial charge in [-0.15, -0.1) is 0 Å². The number of hydrogen-bond donors (Lipinski definition) is 0. The molecule has 0 amide bonds. The van der Waals surface area contributed by atoms with Gasteiger partial charge in [-0.2, -0.15) is 0 Å². The van der Waals surface area contributed by atoms with E-state index in [1.54, 1.807) is 7.11 Å². The van der Waals surface area contributed by atoms with Crippen molar-refractivity contribution in [3.05, 3.63) is 192 Å². The summed E-state index contributed by atoms with van der Waals surface area (Å²) in [6, 6.07) is 61.0. The molecule has 2 aliphatic rings. The van der Waals surface area contributed by atoms with Crippen molar-refractivity contribution >= 4 is 27.8 Å². The van der Waals surface area contributed by atoms with Gasteiger partial charge in [-0.3, -0.25) is 0 Å². The van der Waals surface area contributed by atoms with Gasteiger partial charge >= 0.3 is 0 Å². The van der Waals surface area contributed by atoms with Crippen LogP contribution in [-0.2, 0) is 10.8 Å². The first-order chi connectivity index (χ1) is 27.1. The maximum atomic E-state index is 5.58. The molecular weight excluding hydrogens is 679 g/mol. The van der Waals surface area contributed by atoms with Crippen LogP contribution >= 0.6 is 0 Å². The van der Waals surface area contributed by atoms with Crippen LogP contribution in [-0.4, -0.2) is 7.11 Å². The van der Waals surface area contributed by atoms with Gasteiger partial charge in [0.15, 0.2) is 0 Å². The predicted molar refractivity (Wildman–Crippen MR) is 236 cm³/mol. The van der Waals surface area contributed by atoms with Crippen molar-refractivity contribution in [2.24, 2.45) is 0 Å². The van der Waals surface area contributed by atoms with E-state index in [1.165, 1.54) is 83.1 Å². The van der Waals surface area contributed by atoms with Crippen molar-refractivity contribution in [3.8, 4) is 50.3 Å². The summed E-state index contributed by atoms with van der Waals surface area (Å²) < 4.78 is 5.58. The normalized spacial score (nSPS) is 14.2. The number of anilines is 3. The Morgan fingerprint density at radius 3 is 1.52 bits per heavy atom. The van der Waals surface area contributed by atoms with Crippen molar-refractivity contribution < 1.29 is 4.74 Å². The van der Waals surface area contributed by atoms with E-state index in [0.29, 0.717) is 0 Å². The molecule has 8 aromatic carbocycles. The second kappa shape index (κ2) is 12.6. The number of methoxy groups -OCH3 is 1. The fraction of sp³-hybridized carbons (Fsp3) is 0.148. The molecule has 0 saturated carbocycles. The lowest BCUT2D eigenvalue weighted by atomic mass is 9.81. The molecule has 0 aliphatic heterocycles. The standard InChI is InChI=1S/C54H45NO/c1-34-15-20-39(21-16-34)55(40-22-24-42(56-6)25-23-40)41-30-38-29-35(36-18-27-46-44-11-7-9-13-49(44)53(2,3)51(46)31-36)17-26-43(38)48(33-41)37-19-28-47-45-12-8-10-14-50(45)54(4,5)52(47)32-37/h7-33H,1-6H3. The minimum Gasteiger partial charge on any atom is -0.497 e. The van der Waals surface area contributed by atoms with Crippen LogP contribution < -0.4 is 9.64 Å². The second-order valence-corrected chi connectivity index (χ2v) is 16.7. The molecule has 0 fully saturated rings. The maximum absolute atomic E-state index is 5.58. The van der Waals surface area contributed by atoms with Gasteiger partial charge in [-0.05, 0) is 151 Å². The smallest absolute Gasteiger partial charge is 0.119 e. The summed E-state index contributed by atoms with van der Waals surface area (Å²) >= 11 is 0. The quantitative estimate of drug-likeness (QED) is 0.169. The number of fused-ring (bicyclic) bond motifs is 7. The molecule has 2 nitrogen and oxygen atoms in total. The monoisotopic (exact) mass is 723 g/mol. The van der Waals surface area contributed by atoms with Gasteiger partial charge in [0.25, 0.3) is 0 Å². The van der Waals surface area contributed by atoms with E-state index in [-0.39, 0.29) is 10.8 Å². The van der Waals surface area contributed by atoms with Crippen molar-refractivity contribution in [2.75, 3.05) is 12.0 Å². The Balaban J connectivity index is 1.19. The zero-order valence-corrected chi connectivity index (χ0v) is 32.9. The molecule has 2 aliphatic carbocycles. The van der Waals surface area contributed by atoms with Crippen LogP contribution in [0.5, 0.6) is 5.75 Å². The van der Waals surface area contributed by atoms with Crippen molar-refractivity contribution in [2.45, 2.75) is 45.4 Å². The summed E-state index contributed by atoms with van der Waals surface area (Å²) in [4.78, 5) is 2.37. The van der Waals surface area contributed by atoms with Crippen LogP contribution in [0.4, 0.5) is 17.1 Å². The molecule has 8 aromatic rings. The Morgan fingerprint density at radius 1 is 0.411 bits per heavy atom. The van der Waals surface area contributed by atoms with E-state index < -0.39 is 0 Å². The molecule has 272 valence electrons. The molecule has 0 aromatic heterocycles. The van der Waals surface area contributed by atoms with Crippen molar-refractivity contribution in [1.82, 2.24) is 0 Å². The molecule has 2 heteroatoms. The third-order valence-electron chi connectivity index (χ3n) is 12.6. The number of aryl methyl sites for hydroxylation is 1. The van der Waals surface area contributed by atoms with Gasteiger partial charge < -0.3 is 9.64 Å². The first-order valence-electron chi connectivity index (χ1n) is 19.7. The summed E-state index contributed by atoms with van der Waals surface area (Å²) in [6.07, 6.45) is 0. The number of ether oxygens (including phenoxy) is 1. The topological polar surface area (TPSA) is 12.5 Å². The SMILES string of the molecule is COc1ccc(N(c2ccc(C)cc2)c2cc(-c3ccc4c(c3)C(C)(C)c3ccccc3-4)c3ccc(-c4ccc5c(c4)C(C)(C)c4ccccc4-5)cc3c2)cc1. The molecule has 0 radical (unpaired) electrons. The average Bonchev–Trinajstić information content (AvgIpc) is 3.60. The molecule has 0 N–H and O–H groups in total. The fourth-order valence-corrected chi connectivity index (χ4v) is 9.53. The number of nitrogens with zero attached hydrogens (tertiary/aromatic N) is 1. The van der Waals surface area contributed by atoms with Crippen LogP contribution in [0.1, 0.15) is 55.5 Å². The third kappa shape index (κ3) is 5.23. The van der Waals surface area contributed by atoms with Crippen LogP contribution in [0.15, 0.2) is 164 Å². The fourth-order valence-electron chi connectivity index (χ4n) is 9.53. The molecule has 0 saturated heterocycles. The molecular formula is C54H45NO. The van der Waals surface area contributed by atoms with E-state index in [9.17, 15) is 0 Å². The zero-order chi connectivity index (χ0) is 38.3. The lowest BCUT2D eigenvalue weighted by Crippen LogP contribution is -2.15. The van der Waals surface area contributed by atoms with Gasteiger partial charge in [0.05, 0.1) is 7.11 Å². The largest absolute Gasteiger partial charge is 0.497 e. The average molecular weight is 724 g/mol. The van der Waals surface area contributed by atoms with E-state index in [1.807, 2.05) is 12.1 Å². The van der Waals surface area contributed by atoms with Gasteiger partial charge in [-0.25, -0.2) is 0 Å². The summed E-state index contributed by atoms with van der Waals surface area (Å²) in [5.41, 5.74) is 20.2. The molecule has 0 bridgehead atoms. The maximum Gasteiger partial charge on any atom is 0.119 e. The van der Waals surface area contributed by atoms with E-state index >= 15 is 0 Å². The van der Waals surface area contributed by atoms with Gasteiger partial charge in [0.2, 0.25) is 0 Å². The Labute approximate surface area is 330 Å². The summed E-state index contributed by atoms with van der Waals surface area (Å²) in [5.74, 6) is 0.837. The number of rotatable bonds is 6. The van der Waals surface area contributed by atoms with E-state index in [2.05, 4.69) is 191 Å². The minimum absolute atomic E-state index is 0.0625.